The van der Waals surface area contributed by atoms with Crippen molar-refractivity contribution in [2.24, 2.45) is 5.73 Å². The molecule has 5 aromatic rings. The van der Waals surface area contributed by atoms with E-state index < -0.39 is 0 Å². The van der Waals surface area contributed by atoms with E-state index in [0.717, 1.165) is 44.1 Å². The first-order chi connectivity index (χ1) is 14.2. The van der Waals surface area contributed by atoms with E-state index in [1.54, 1.807) is 11.3 Å². The second kappa shape index (κ2) is 7.35. The fraction of sp³-hybridized carbons (Fsp3) is 0.182. The van der Waals surface area contributed by atoms with Crippen molar-refractivity contribution in [2.45, 2.75) is 19.4 Å². The smallest absolute Gasteiger partial charge is 0.183 e. The van der Waals surface area contributed by atoms with Crippen LogP contribution in [0.1, 0.15) is 11.3 Å². The van der Waals surface area contributed by atoms with Crippen molar-refractivity contribution < 1.29 is 0 Å². The van der Waals surface area contributed by atoms with Crippen molar-refractivity contribution in [1.29, 1.82) is 0 Å². The van der Waals surface area contributed by atoms with E-state index in [-0.39, 0.29) is 6.04 Å². The van der Waals surface area contributed by atoms with Crippen LogP contribution in [0.5, 0.6) is 0 Å². The normalized spacial score (nSPS) is 12.6. The SMILES string of the molecule is Cc1[nH]nc2ccc(-c3cnc(NC[C@H](N)Cc4c[nH]c5ccccc45)s3)cc12. The lowest BCUT2D eigenvalue weighted by Crippen LogP contribution is -2.31. The summed E-state index contributed by atoms with van der Waals surface area (Å²) in [6.07, 6.45) is 4.78. The van der Waals surface area contributed by atoms with Gasteiger partial charge in [0.25, 0.3) is 0 Å². The van der Waals surface area contributed by atoms with E-state index in [0.29, 0.717) is 6.54 Å². The fourth-order valence-electron chi connectivity index (χ4n) is 3.65. The predicted molar refractivity (Wildman–Crippen MR) is 120 cm³/mol. The van der Waals surface area contributed by atoms with Crippen LogP contribution in [0.3, 0.4) is 0 Å². The molecule has 146 valence electrons. The maximum Gasteiger partial charge on any atom is 0.183 e. The Kier molecular flexibility index (Phi) is 4.54. The minimum atomic E-state index is 0.00601. The summed E-state index contributed by atoms with van der Waals surface area (Å²) in [6, 6.07) is 14.6. The lowest BCUT2D eigenvalue weighted by molar-refractivity contribution is 0.702. The summed E-state index contributed by atoms with van der Waals surface area (Å²) in [7, 11) is 0. The first-order valence-electron chi connectivity index (χ1n) is 9.63. The van der Waals surface area contributed by atoms with Crippen LogP contribution in [0.15, 0.2) is 54.9 Å². The molecule has 6 nitrogen and oxygen atoms in total. The molecule has 1 atom stereocenters. The Balaban J connectivity index is 1.25. The van der Waals surface area contributed by atoms with E-state index >= 15 is 0 Å². The fourth-order valence-corrected chi connectivity index (χ4v) is 4.47. The van der Waals surface area contributed by atoms with Gasteiger partial charge in [0.1, 0.15) is 0 Å². The minimum absolute atomic E-state index is 0.00601. The van der Waals surface area contributed by atoms with Gasteiger partial charge in [-0.3, -0.25) is 5.10 Å². The standard InChI is InChI=1S/C22H22N6S/c1-13-18-9-14(6-7-20(18)28-27-13)21-12-26-22(29-21)25-11-16(23)8-15-10-24-19-5-3-2-4-17(15)19/h2-7,9-10,12,16,24H,8,11,23H2,1H3,(H,25,26)(H,27,28)/t16-/m1/s1. The number of aromatic nitrogens is 4. The number of para-hydroxylation sites is 1. The average molecular weight is 403 g/mol. The van der Waals surface area contributed by atoms with E-state index in [1.165, 1.54) is 10.9 Å². The van der Waals surface area contributed by atoms with Crippen LogP contribution in [0, 0.1) is 6.92 Å². The number of aryl methyl sites for hydroxylation is 1. The van der Waals surface area contributed by atoms with Gasteiger partial charge < -0.3 is 16.0 Å². The highest BCUT2D eigenvalue weighted by Crippen LogP contribution is 2.31. The number of hydrogen-bond donors (Lipinski definition) is 4. The Morgan fingerprint density at radius 2 is 2.07 bits per heavy atom. The lowest BCUT2D eigenvalue weighted by Gasteiger charge is -2.11. The Hall–Kier alpha value is -3.16. The van der Waals surface area contributed by atoms with Crippen molar-refractivity contribution in [3.05, 3.63) is 66.1 Å². The molecular formula is C22H22N6S. The largest absolute Gasteiger partial charge is 0.361 e. The van der Waals surface area contributed by atoms with Crippen LogP contribution in [0.2, 0.25) is 0 Å². The van der Waals surface area contributed by atoms with Crippen molar-refractivity contribution in [1.82, 2.24) is 20.2 Å². The van der Waals surface area contributed by atoms with Gasteiger partial charge in [0.05, 0.1) is 10.4 Å². The summed E-state index contributed by atoms with van der Waals surface area (Å²) in [5, 5.41) is 14.0. The van der Waals surface area contributed by atoms with Gasteiger partial charge in [-0.25, -0.2) is 4.98 Å². The molecule has 0 fully saturated rings. The van der Waals surface area contributed by atoms with Crippen LogP contribution in [-0.2, 0) is 6.42 Å². The molecule has 0 aliphatic rings. The van der Waals surface area contributed by atoms with Crippen molar-refractivity contribution in [2.75, 3.05) is 11.9 Å². The molecule has 0 amide bonds. The molecule has 7 heteroatoms. The van der Waals surface area contributed by atoms with Gasteiger partial charge in [-0.1, -0.05) is 35.6 Å². The lowest BCUT2D eigenvalue weighted by atomic mass is 10.1. The molecule has 3 heterocycles. The molecule has 0 aliphatic carbocycles. The summed E-state index contributed by atoms with van der Waals surface area (Å²) in [5.74, 6) is 0. The summed E-state index contributed by atoms with van der Waals surface area (Å²) in [6.45, 7) is 2.71. The number of aromatic amines is 2. The number of nitrogens with zero attached hydrogens (tertiary/aromatic N) is 2. The van der Waals surface area contributed by atoms with Gasteiger partial charge in [0, 0.05) is 47.0 Å². The van der Waals surface area contributed by atoms with Gasteiger partial charge in [0.15, 0.2) is 5.13 Å². The maximum atomic E-state index is 6.38. The third-order valence-electron chi connectivity index (χ3n) is 5.21. The number of benzene rings is 2. The second-order valence-corrected chi connectivity index (χ2v) is 8.35. The van der Waals surface area contributed by atoms with E-state index in [9.17, 15) is 0 Å². The highest BCUT2D eigenvalue weighted by atomic mass is 32.1. The number of H-pyrrole nitrogens is 2. The average Bonchev–Trinajstić information content (AvgIpc) is 3.46. The van der Waals surface area contributed by atoms with Crippen LogP contribution < -0.4 is 11.1 Å². The second-order valence-electron chi connectivity index (χ2n) is 7.31. The molecule has 0 saturated heterocycles. The number of rotatable bonds is 6. The molecule has 5 N–H and O–H groups in total. The van der Waals surface area contributed by atoms with Gasteiger partial charge in [0.2, 0.25) is 0 Å². The number of nitrogens with one attached hydrogen (secondary N) is 3. The highest BCUT2D eigenvalue weighted by molar-refractivity contribution is 7.18. The molecule has 3 aromatic heterocycles. The Labute approximate surface area is 172 Å². The predicted octanol–water partition coefficient (Wildman–Crippen LogP) is 4.46. The Morgan fingerprint density at radius 3 is 3.00 bits per heavy atom. The van der Waals surface area contributed by atoms with Crippen molar-refractivity contribution in [3.63, 3.8) is 0 Å². The maximum absolute atomic E-state index is 6.38. The quantitative estimate of drug-likeness (QED) is 0.337. The zero-order valence-electron chi connectivity index (χ0n) is 16.1. The molecule has 0 aliphatic heterocycles. The first kappa shape index (κ1) is 17.9. The Bertz CT molecular complexity index is 1280. The minimum Gasteiger partial charge on any atom is -0.361 e. The first-order valence-corrected chi connectivity index (χ1v) is 10.4. The summed E-state index contributed by atoms with van der Waals surface area (Å²) >= 11 is 1.64. The van der Waals surface area contributed by atoms with Crippen LogP contribution in [0.25, 0.3) is 32.2 Å². The number of hydrogen-bond acceptors (Lipinski definition) is 5. The molecule has 0 radical (unpaired) electrons. The van der Waals surface area contributed by atoms with E-state index in [2.05, 4.69) is 62.0 Å². The zero-order valence-corrected chi connectivity index (χ0v) is 16.9. The number of anilines is 1. The van der Waals surface area contributed by atoms with Crippen molar-refractivity contribution in [3.8, 4) is 10.4 Å². The molecule has 29 heavy (non-hydrogen) atoms. The van der Waals surface area contributed by atoms with Crippen LogP contribution in [0.4, 0.5) is 5.13 Å². The zero-order chi connectivity index (χ0) is 19.8. The van der Waals surface area contributed by atoms with Crippen LogP contribution >= 0.6 is 11.3 Å². The summed E-state index contributed by atoms with van der Waals surface area (Å²) in [4.78, 5) is 8.96. The highest BCUT2D eigenvalue weighted by Gasteiger charge is 2.11. The number of thiazole rings is 1. The van der Waals surface area contributed by atoms with Gasteiger partial charge in [-0.2, -0.15) is 5.10 Å². The molecule has 5 rings (SSSR count). The third-order valence-corrected chi connectivity index (χ3v) is 6.21. The van der Waals surface area contributed by atoms with Gasteiger partial charge in [-0.05, 0) is 42.7 Å². The molecule has 0 bridgehead atoms. The Morgan fingerprint density at radius 1 is 1.17 bits per heavy atom. The van der Waals surface area contributed by atoms with Gasteiger partial charge in [-0.15, -0.1) is 0 Å². The number of nitrogens with two attached hydrogens (primary N) is 1. The monoisotopic (exact) mass is 402 g/mol. The summed E-state index contributed by atoms with van der Waals surface area (Å²) in [5.41, 5.74) is 12.0. The topological polar surface area (TPSA) is 95.4 Å². The third kappa shape index (κ3) is 3.50. The molecule has 0 spiro atoms. The van der Waals surface area contributed by atoms with E-state index in [4.69, 9.17) is 5.73 Å². The molecular weight excluding hydrogens is 380 g/mol. The van der Waals surface area contributed by atoms with E-state index in [1.807, 2.05) is 25.3 Å². The molecule has 0 unspecified atom stereocenters. The summed E-state index contributed by atoms with van der Waals surface area (Å²) < 4.78 is 0. The number of fused-ring (bicyclic) bond motifs is 2. The van der Waals surface area contributed by atoms with Crippen molar-refractivity contribution >= 4 is 38.3 Å². The molecule has 2 aromatic carbocycles. The van der Waals surface area contributed by atoms with Gasteiger partial charge >= 0.3 is 0 Å². The van der Waals surface area contributed by atoms with Crippen LogP contribution in [-0.4, -0.2) is 32.8 Å². The molecule has 0 saturated carbocycles.